The zero-order valence-corrected chi connectivity index (χ0v) is 13.4. The second-order valence-electron chi connectivity index (χ2n) is 6.26. The van der Waals surface area contributed by atoms with Gasteiger partial charge in [0.25, 0.3) is 5.91 Å². The maximum Gasteiger partial charge on any atom is 0.332 e. The Balaban J connectivity index is 1.69. The average Bonchev–Trinajstić information content (AvgIpc) is 3.21. The Morgan fingerprint density at radius 1 is 1.29 bits per heavy atom. The van der Waals surface area contributed by atoms with Gasteiger partial charge < -0.3 is 19.3 Å². The number of aromatic nitrogens is 1. The molecule has 1 N–H and O–H groups in total. The van der Waals surface area contributed by atoms with Crippen molar-refractivity contribution >= 4 is 28.5 Å². The normalized spacial score (nSPS) is 23.6. The van der Waals surface area contributed by atoms with Gasteiger partial charge in [-0.15, -0.1) is 0 Å². The van der Waals surface area contributed by atoms with Crippen molar-refractivity contribution < 1.29 is 19.4 Å². The van der Waals surface area contributed by atoms with Crippen molar-refractivity contribution in [3.05, 3.63) is 30.5 Å². The number of carbonyl (C=O) groups excluding carboxylic acids is 2. The van der Waals surface area contributed by atoms with Crippen LogP contribution in [0.25, 0.3) is 10.9 Å². The predicted molar refractivity (Wildman–Crippen MR) is 87.8 cm³/mol. The summed E-state index contributed by atoms with van der Waals surface area (Å²) in [5.74, 6) is -0.258. The second kappa shape index (κ2) is 5.61. The van der Waals surface area contributed by atoms with E-state index in [1.807, 2.05) is 29.0 Å². The molecule has 1 aromatic heterocycles. The number of hydrogen-bond donors (Lipinski definition) is 1. The predicted octanol–water partition coefficient (Wildman–Crippen LogP) is 1.19. The first-order chi connectivity index (χ1) is 11.6. The molecule has 0 saturated carbocycles. The van der Waals surface area contributed by atoms with E-state index >= 15 is 0 Å². The summed E-state index contributed by atoms with van der Waals surface area (Å²) in [5, 5.41) is 10.7. The van der Waals surface area contributed by atoms with Crippen LogP contribution < -0.4 is 4.90 Å². The summed E-state index contributed by atoms with van der Waals surface area (Å²) >= 11 is 0. The highest BCUT2D eigenvalue weighted by molar-refractivity contribution is 6.22. The van der Waals surface area contributed by atoms with Crippen molar-refractivity contribution in [1.82, 2.24) is 9.47 Å². The van der Waals surface area contributed by atoms with E-state index in [0.717, 1.165) is 10.9 Å². The van der Waals surface area contributed by atoms with E-state index in [0.29, 0.717) is 25.3 Å². The van der Waals surface area contributed by atoms with Crippen LogP contribution in [0.5, 0.6) is 0 Å². The van der Waals surface area contributed by atoms with Crippen molar-refractivity contribution in [3.63, 3.8) is 0 Å². The maximum absolute atomic E-state index is 12.6. The van der Waals surface area contributed by atoms with Gasteiger partial charge in [0.15, 0.2) is 0 Å². The maximum atomic E-state index is 12.6. The molecule has 126 valence electrons. The molecular formula is C17H19N3O4. The third-order valence-corrected chi connectivity index (χ3v) is 4.77. The van der Waals surface area contributed by atoms with Crippen LogP contribution in [0.2, 0.25) is 0 Å². The number of imide groups is 1. The number of aliphatic hydroxyl groups excluding tert-OH is 1. The molecule has 2 fully saturated rings. The van der Waals surface area contributed by atoms with Gasteiger partial charge in [0.05, 0.1) is 23.9 Å². The summed E-state index contributed by atoms with van der Waals surface area (Å²) in [6, 6.07) is 6.67. The molecule has 2 aliphatic rings. The SMILES string of the molecule is COCCn1ccc2ccc(N3C(=O)[C@@H]4C[C@@H](O)CN4C3=O)cc21. The number of urea groups is 1. The largest absolute Gasteiger partial charge is 0.391 e. The standard InChI is InChI=1S/C17H19N3O4/c1-24-7-6-18-5-4-11-2-3-12(8-14(11)18)20-16(22)15-9-13(21)10-19(15)17(20)23/h2-5,8,13,15,21H,6-7,9-10H2,1H3/t13-,15+/m1/s1. The number of hydrogen-bond acceptors (Lipinski definition) is 4. The highest BCUT2D eigenvalue weighted by Gasteiger charge is 2.50. The Hall–Kier alpha value is -2.38. The van der Waals surface area contributed by atoms with Crippen LogP contribution >= 0.6 is 0 Å². The van der Waals surface area contributed by atoms with E-state index in [-0.39, 0.29) is 18.5 Å². The third kappa shape index (κ3) is 2.20. The lowest BCUT2D eigenvalue weighted by Gasteiger charge is -2.17. The molecule has 7 heteroatoms. The van der Waals surface area contributed by atoms with Gasteiger partial charge in [0.1, 0.15) is 6.04 Å². The third-order valence-electron chi connectivity index (χ3n) is 4.77. The number of rotatable bonds is 4. The van der Waals surface area contributed by atoms with Crippen LogP contribution in [0.3, 0.4) is 0 Å². The van der Waals surface area contributed by atoms with Gasteiger partial charge in [-0.3, -0.25) is 4.79 Å². The van der Waals surface area contributed by atoms with E-state index in [9.17, 15) is 14.7 Å². The Bertz CT molecular complexity index is 791. The number of ether oxygens (including phenoxy) is 1. The van der Waals surface area contributed by atoms with Crippen molar-refractivity contribution in [2.45, 2.75) is 25.1 Å². The molecule has 0 spiro atoms. The van der Waals surface area contributed by atoms with E-state index in [2.05, 4.69) is 0 Å². The number of nitrogens with zero attached hydrogens (tertiary/aromatic N) is 3. The van der Waals surface area contributed by atoms with Gasteiger partial charge in [-0.1, -0.05) is 6.07 Å². The molecule has 0 aliphatic carbocycles. The Kier molecular flexibility index (Phi) is 3.54. The van der Waals surface area contributed by atoms with Crippen LogP contribution in [0.1, 0.15) is 6.42 Å². The van der Waals surface area contributed by atoms with Crippen LogP contribution in [0.15, 0.2) is 30.5 Å². The molecule has 3 amide bonds. The van der Waals surface area contributed by atoms with Crippen molar-refractivity contribution in [2.75, 3.05) is 25.2 Å². The summed E-state index contributed by atoms with van der Waals surface area (Å²) in [6.45, 7) is 1.51. The van der Waals surface area contributed by atoms with E-state index < -0.39 is 12.1 Å². The Morgan fingerprint density at radius 2 is 2.12 bits per heavy atom. The van der Waals surface area contributed by atoms with Gasteiger partial charge in [0.2, 0.25) is 0 Å². The Morgan fingerprint density at radius 3 is 2.88 bits per heavy atom. The van der Waals surface area contributed by atoms with Crippen LogP contribution in [0.4, 0.5) is 10.5 Å². The van der Waals surface area contributed by atoms with Gasteiger partial charge in [-0.25, -0.2) is 9.69 Å². The van der Waals surface area contributed by atoms with Crippen molar-refractivity contribution in [1.29, 1.82) is 0 Å². The fourth-order valence-corrected chi connectivity index (χ4v) is 3.56. The smallest absolute Gasteiger partial charge is 0.332 e. The topological polar surface area (TPSA) is 75.0 Å². The highest BCUT2D eigenvalue weighted by atomic mass is 16.5. The van der Waals surface area contributed by atoms with Crippen molar-refractivity contribution in [2.24, 2.45) is 0 Å². The number of methoxy groups -OCH3 is 1. The number of aliphatic hydroxyl groups is 1. The summed E-state index contributed by atoms with van der Waals surface area (Å²) in [7, 11) is 1.65. The van der Waals surface area contributed by atoms with Crippen molar-refractivity contribution in [3.8, 4) is 0 Å². The number of amides is 3. The summed E-state index contributed by atoms with van der Waals surface area (Å²) in [5.41, 5.74) is 1.52. The Labute approximate surface area is 139 Å². The van der Waals surface area contributed by atoms with E-state index in [4.69, 9.17) is 4.74 Å². The first-order valence-corrected chi connectivity index (χ1v) is 8.00. The number of fused-ring (bicyclic) bond motifs is 2. The summed E-state index contributed by atoms with van der Waals surface area (Å²) in [4.78, 5) is 27.9. The minimum atomic E-state index is -0.612. The zero-order chi connectivity index (χ0) is 16.8. The molecular weight excluding hydrogens is 310 g/mol. The molecule has 4 rings (SSSR count). The lowest BCUT2D eigenvalue weighted by molar-refractivity contribution is -0.119. The number of carbonyl (C=O) groups is 2. The summed E-state index contributed by atoms with van der Waals surface area (Å²) in [6.07, 6.45) is 1.67. The highest BCUT2D eigenvalue weighted by Crippen LogP contribution is 2.33. The lowest BCUT2D eigenvalue weighted by Crippen LogP contribution is -2.35. The second-order valence-corrected chi connectivity index (χ2v) is 6.26. The quantitative estimate of drug-likeness (QED) is 0.855. The molecule has 24 heavy (non-hydrogen) atoms. The molecule has 2 aromatic rings. The fourth-order valence-electron chi connectivity index (χ4n) is 3.56. The molecule has 0 unspecified atom stereocenters. The van der Waals surface area contributed by atoms with Gasteiger partial charge in [-0.2, -0.15) is 0 Å². The van der Waals surface area contributed by atoms with Gasteiger partial charge in [0, 0.05) is 32.8 Å². The molecule has 3 heterocycles. The molecule has 2 saturated heterocycles. The first kappa shape index (κ1) is 15.2. The molecule has 0 bridgehead atoms. The first-order valence-electron chi connectivity index (χ1n) is 8.00. The average molecular weight is 329 g/mol. The minimum absolute atomic E-state index is 0.220. The van der Waals surface area contributed by atoms with Gasteiger partial charge >= 0.3 is 6.03 Å². The van der Waals surface area contributed by atoms with Crippen LogP contribution in [0, 0.1) is 0 Å². The molecule has 0 radical (unpaired) electrons. The lowest BCUT2D eigenvalue weighted by atomic mass is 10.1. The molecule has 7 nitrogen and oxygen atoms in total. The monoisotopic (exact) mass is 329 g/mol. The summed E-state index contributed by atoms with van der Waals surface area (Å²) < 4.78 is 7.16. The fraction of sp³-hybridized carbons (Fsp3) is 0.412. The zero-order valence-electron chi connectivity index (χ0n) is 13.4. The molecule has 2 aliphatic heterocycles. The van der Waals surface area contributed by atoms with Crippen LogP contribution in [-0.4, -0.2) is 58.9 Å². The minimum Gasteiger partial charge on any atom is -0.391 e. The van der Waals surface area contributed by atoms with E-state index in [1.165, 1.54) is 9.80 Å². The number of anilines is 1. The van der Waals surface area contributed by atoms with Crippen LogP contribution in [-0.2, 0) is 16.1 Å². The van der Waals surface area contributed by atoms with Gasteiger partial charge in [-0.05, 0) is 23.6 Å². The van der Waals surface area contributed by atoms with E-state index in [1.54, 1.807) is 13.2 Å². The number of benzene rings is 1. The molecule has 2 atom stereocenters. The molecule has 1 aromatic carbocycles.